The lowest BCUT2D eigenvalue weighted by atomic mass is 9.85. The first-order valence-corrected chi connectivity index (χ1v) is 6.06. The maximum absolute atomic E-state index is 5.38. The monoisotopic (exact) mass is 229 g/mol. The Labute approximate surface area is 106 Å². The van der Waals surface area contributed by atoms with Crippen molar-refractivity contribution in [3.63, 3.8) is 0 Å². The van der Waals surface area contributed by atoms with Crippen LogP contribution in [0.15, 0.2) is 24.3 Å². The van der Waals surface area contributed by atoms with E-state index in [2.05, 4.69) is 57.8 Å². The van der Waals surface area contributed by atoms with E-state index >= 15 is 0 Å². The van der Waals surface area contributed by atoms with Crippen LogP contribution in [-0.4, -0.2) is 19.0 Å². The van der Waals surface area contributed by atoms with E-state index in [1.165, 1.54) is 5.56 Å². The zero-order valence-electron chi connectivity index (χ0n) is 11.6. The summed E-state index contributed by atoms with van der Waals surface area (Å²) >= 11 is 0. The van der Waals surface area contributed by atoms with Gasteiger partial charge in [0.1, 0.15) is 0 Å². The molecule has 0 aliphatic heterocycles. The van der Waals surface area contributed by atoms with Crippen molar-refractivity contribution in [3.05, 3.63) is 35.4 Å². The van der Waals surface area contributed by atoms with E-state index in [4.69, 9.17) is 6.42 Å². The topological polar surface area (TPSA) is 3.24 Å². The van der Waals surface area contributed by atoms with Crippen molar-refractivity contribution < 1.29 is 0 Å². The number of nitrogens with zero attached hydrogens (tertiary/aromatic N) is 1. The molecule has 0 saturated heterocycles. The fraction of sp³-hybridized carbons (Fsp3) is 0.500. The van der Waals surface area contributed by atoms with Gasteiger partial charge >= 0.3 is 0 Å². The molecule has 0 radical (unpaired) electrons. The molecule has 1 unspecified atom stereocenters. The first-order chi connectivity index (χ1) is 7.83. The molecule has 92 valence electrons. The second-order valence-corrected chi connectivity index (χ2v) is 6.01. The van der Waals surface area contributed by atoms with Crippen molar-refractivity contribution in [2.45, 2.75) is 33.2 Å². The summed E-state index contributed by atoms with van der Waals surface area (Å²) in [6.45, 7) is 6.83. The minimum atomic E-state index is 0.319. The highest BCUT2D eigenvalue weighted by atomic mass is 15.1. The van der Waals surface area contributed by atoms with Crippen molar-refractivity contribution in [2.75, 3.05) is 14.1 Å². The molecule has 0 aliphatic carbocycles. The summed E-state index contributed by atoms with van der Waals surface area (Å²) in [7, 11) is 4.26. The van der Waals surface area contributed by atoms with E-state index < -0.39 is 0 Å². The number of hydrogen-bond donors (Lipinski definition) is 0. The van der Waals surface area contributed by atoms with Gasteiger partial charge in [0.15, 0.2) is 0 Å². The standard InChI is InChI=1S/C16H23N/c1-7-13-8-10-14(11-9-13)15(17(5)6)12-16(2,3)4/h1,8-11,15H,12H2,2-6H3. The molecule has 0 N–H and O–H groups in total. The third kappa shape index (κ3) is 4.24. The predicted molar refractivity (Wildman–Crippen MR) is 74.9 cm³/mol. The van der Waals surface area contributed by atoms with Gasteiger partial charge in [0.2, 0.25) is 0 Å². The molecule has 0 amide bonds. The van der Waals surface area contributed by atoms with Crippen LogP contribution in [0.1, 0.15) is 44.4 Å². The summed E-state index contributed by atoms with van der Waals surface area (Å²) in [4.78, 5) is 2.27. The van der Waals surface area contributed by atoms with Crippen LogP contribution in [0.3, 0.4) is 0 Å². The lowest BCUT2D eigenvalue weighted by Gasteiger charge is -2.31. The molecule has 1 heteroatoms. The normalized spacial score (nSPS) is 13.5. The van der Waals surface area contributed by atoms with E-state index in [1.54, 1.807) is 0 Å². The Morgan fingerprint density at radius 1 is 1.18 bits per heavy atom. The van der Waals surface area contributed by atoms with Crippen molar-refractivity contribution in [2.24, 2.45) is 5.41 Å². The molecule has 0 bridgehead atoms. The Morgan fingerprint density at radius 2 is 1.71 bits per heavy atom. The third-order valence-corrected chi connectivity index (χ3v) is 2.89. The minimum Gasteiger partial charge on any atom is -0.302 e. The number of benzene rings is 1. The molecule has 0 aliphatic rings. The Morgan fingerprint density at radius 3 is 2.06 bits per heavy atom. The molecule has 0 aromatic heterocycles. The average molecular weight is 229 g/mol. The maximum Gasteiger partial charge on any atom is 0.0347 e. The maximum atomic E-state index is 5.38. The molecular formula is C16H23N. The van der Waals surface area contributed by atoms with E-state index in [0.29, 0.717) is 11.5 Å². The summed E-state index contributed by atoms with van der Waals surface area (Å²) in [6, 6.07) is 8.78. The Kier molecular flexibility index (Phi) is 4.37. The highest BCUT2D eigenvalue weighted by Crippen LogP contribution is 2.32. The lowest BCUT2D eigenvalue weighted by Crippen LogP contribution is -2.24. The summed E-state index contributed by atoms with van der Waals surface area (Å²) in [5, 5.41) is 0. The van der Waals surface area contributed by atoms with Gasteiger partial charge in [-0.2, -0.15) is 0 Å². The first kappa shape index (κ1) is 13.8. The van der Waals surface area contributed by atoms with Gasteiger partial charge in [0.25, 0.3) is 0 Å². The van der Waals surface area contributed by atoms with Crippen LogP contribution < -0.4 is 0 Å². The van der Waals surface area contributed by atoms with Gasteiger partial charge in [-0.15, -0.1) is 6.42 Å². The molecule has 1 atom stereocenters. The largest absolute Gasteiger partial charge is 0.302 e. The van der Waals surface area contributed by atoms with Gasteiger partial charge in [0.05, 0.1) is 0 Å². The van der Waals surface area contributed by atoms with Gasteiger partial charge in [0, 0.05) is 11.6 Å². The van der Waals surface area contributed by atoms with Crippen molar-refractivity contribution in [1.29, 1.82) is 0 Å². The van der Waals surface area contributed by atoms with E-state index in [0.717, 1.165) is 12.0 Å². The van der Waals surface area contributed by atoms with E-state index in [1.807, 2.05) is 12.1 Å². The molecule has 0 heterocycles. The van der Waals surface area contributed by atoms with E-state index in [-0.39, 0.29) is 0 Å². The molecule has 0 spiro atoms. The first-order valence-electron chi connectivity index (χ1n) is 6.06. The molecule has 0 saturated carbocycles. The lowest BCUT2D eigenvalue weighted by molar-refractivity contribution is 0.211. The van der Waals surface area contributed by atoms with Gasteiger partial charge in [-0.25, -0.2) is 0 Å². The summed E-state index contributed by atoms with van der Waals surface area (Å²) in [6.07, 6.45) is 6.51. The van der Waals surface area contributed by atoms with Gasteiger partial charge in [-0.3, -0.25) is 0 Å². The third-order valence-electron chi connectivity index (χ3n) is 2.89. The zero-order chi connectivity index (χ0) is 13.1. The highest BCUT2D eigenvalue weighted by molar-refractivity contribution is 5.35. The van der Waals surface area contributed by atoms with Crippen molar-refractivity contribution in [1.82, 2.24) is 4.90 Å². The second kappa shape index (κ2) is 5.38. The molecule has 17 heavy (non-hydrogen) atoms. The molecule has 1 aromatic carbocycles. The van der Waals surface area contributed by atoms with Crippen molar-refractivity contribution in [3.8, 4) is 12.3 Å². The number of rotatable bonds is 3. The van der Waals surface area contributed by atoms with Crippen LogP contribution in [0, 0.1) is 17.8 Å². The van der Waals surface area contributed by atoms with Crippen LogP contribution in [0.2, 0.25) is 0 Å². The SMILES string of the molecule is C#Cc1ccc(C(CC(C)(C)C)N(C)C)cc1. The fourth-order valence-corrected chi connectivity index (χ4v) is 1.98. The smallest absolute Gasteiger partial charge is 0.0347 e. The zero-order valence-corrected chi connectivity index (χ0v) is 11.6. The molecule has 1 aromatic rings. The average Bonchev–Trinajstić information content (AvgIpc) is 2.25. The van der Waals surface area contributed by atoms with Gasteiger partial charge in [-0.1, -0.05) is 38.8 Å². The Hall–Kier alpha value is -1.26. The molecule has 1 nitrogen and oxygen atoms in total. The molecule has 1 rings (SSSR count). The second-order valence-electron chi connectivity index (χ2n) is 6.01. The van der Waals surface area contributed by atoms with E-state index in [9.17, 15) is 0 Å². The number of hydrogen-bond acceptors (Lipinski definition) is 1. The molecular weight excluding hydrogens is 206 g/mol. The summed E-state index contributed by atoms with van der Waals surface area (Å²) < 4.78 is 0. The quantitative estimate of drug-likeness (QED) is 0.714. The number of terminal acetylenes is 1. The molecule has 0 fully saturated rings. The van der Waals surface area contributed by atoms with Crippen LogP contribution in [0.25, 0.3) is 0 Å². The van der Waals surface area contributed by atoms with Crippen LogP contribution in [0.4, 0.5) is 0 Å². The van der Waals surface area contributed by atoms with Crippen LogP contribution >= 0.6 is 0 Å². The fourth-order valence-electron chi connectivity index (χ4n) is 1.98. The van der Waals surface area contributed by atoms with Crippen molar-refractivity contribution >= 4 is 0 Å². The Balaban J connectivity index is 2.94. The minimum absolute atomic E-state index is 0.319. The van der Waals surface area contributed by atoms with Crippen LogP contribution in [0.5, 0.6) is 0 Å². The summed E-state index contributed by atoms with van der Waals surface area (Å²) in [5.74, 6) is 2.66. The van der Waals surface area contributed by atoms with Gasteiger partial charge < -0.3 is 4.90 Å². The predicted octanol–water partition coefficient (Wildman–Crippen LogP) is 3.71. The highest BCUT2D eigenvalue weighted by Gasteiger charge is 2.21. The summed E-state index contributed by atoms with van der Waals surface area (Å²) in [5.41, 5.74) is 2.60. The Bertz CT molecular complexity index is 387. The van der Waals surface area contributed by atoms with Crippen LogP contribution in [-0.2, 0) is 0 Å². The van der Waals surface area contributed by atoms with Gasteiger partial charge in [-0.05, 0) is 43.6 Å².